The fourth-order valence-electron chi connectivity index (χ4n) is 1.28. The molecule has 0 bridgehead atoms. The van der Waals surface area contributed by atoms with Crippen LogP contribution < -0.4 is 0 Å². The fourth-order valence-corrected chi connectivity index (χ4v) is 2.99. The molecule has 0 unspecified atom stereocenters. The fraction of sp³-hybridized carbons (Fsp3) is 0.200. The molecule has 0 atom stereocenters. The maximum Gasteiger partial charge on any atom is 0.258 e. The van der Waals surface area contributed by atoms with Crippen molar-refractivity contribution in [3.05, 3.63) is 35.9 Å². The number of nitrogens with zero attached hydrogens (tertiary/aromatic N) is 4. The Morgan fingerprint density at radius 1 is 1.12 bits per heavy atom. The summed E-state index contributed by atoms with van der Waals surface area (Å²) in [7, 11) is 3.67. The van der Waals surface area contributed by atoms with Gasteiger partial charge in [0.15, 0.2) is 5.84 Å². The van der Waals surface area contributed by atoms with Crippen molar-refractivity contribution in [2.45, 2.75) is 0 Å². The predicted octanol–water partition coefficient (Wildman–Crippen LogP) is 3.79. The molecule has 0 spiro atoms. The van der Waals surface area contributed by atoms with Gasteiger partial charge in [-0.2, -0.15) is 14.5 Å². The van der Waals surface area contributed by atoms with E-state index in [0.717, 1.165) is 5.56 Å². The van der Waals surface area contributed by atoms with Gasteiger partial charge in [-0.1, -0.05) is 30.3 Å². The second kappa shape index (κ2) is 4.81. The molecule has 0 fully saturated rings. The molecule has 1 aromatic carbocycles. The van der Waals surface area contributed by atoms with Crippen molar-refractivity contribution in [2.24, 2.45) is 14.5 Å². The molecule has 4 nitrogen and oxygen atoms in total. The van der Waals surface area contributed by atoms with Crippen molar-refractivity contribution in [3.63, 3.8) is 0 Å². The highest BCUT2D eigenvalue weighted by Gasteiger charge is 2.21. The summed E-state index contributed by atoms with van der Waals surface area (Å²) in [6.07, 6.45) is 0. The number of hydrogen-bond donors (Lipinski definition) is 0. The number of rotatable bonds is 1. The van der Waals surface area contributed by atoms with Crippen LogP contribution in [0.4, 0.5) is 0 Å². The Labute approximate surface area is 110 Å². The number of benzene rings is 1. The third-order valence-corrected chi connectivity index (χ3v) is 3.82. The van der Waals surface area contributed by atoms with Crippen LogP contribution in [0.5, 0.6) is 0 Å². The van der Waals surface area contributed by atoms with Gasteiger partial charge in [0.25, 0.3) is 5.91 Å². The summed E-state index contributed by atoms with van der Waals surface area (Å²) in [5.41, 5.74) is 0.882. The summed E-state index contributed by atoms with van der Waals surface area (Å²) in [5, 5.41) is 0. The number of hydrogen-bond acceptors (Lipinski definition) is 4. The van der Waals surface area contributed by atoms with E-state index < -0.39 is 5.91 Å². The van der Waals surface area contributed by atoms with Gasteiger partial charge < -0.3 is 4.90 Å². The van der Waals surface area contributed by atoms with Crippen molar-refractivity contribution in [1.29, 1.82) is 0 Å². The summed E-state index contributed by atoms with van der Waals surface area (Å²) < 4.78 is 8.31. The largest absolute Gasteiger partial charge is 0.347 e. The van der Waals surface area contributed by atoms with Crippen LogP contribution >= 0.6 is 28.4 Å². The van der Waals surface area contributed by atoms with Crippen molar-refractivity contribution in [1.82, 2.24) is 4.90 Å². The Balaban J connectivity index is 2.50. The van der Waals surface area contributed by atoms with E-state index in [-0.39, 0.29) is 0 Å². The van der Waals surface area contributed by atoms with E-state index in [1.54, 1.807) is 4.90 Å². The molecule has 0 amide bonds. The highest BCUT2D eigenvalue weighted by Crippen LogP contribution is 2.63. The summed E-state index contributed by atoms with van der Waals surface area (Å²) in [5.74, 6) is -1.66. The number of amidine groups is 1. The standard InChI is InChI=1S/C10H11Cl2N4P/c1-16(2)10-13-9(14-17(11,12)15-10)8-6-4-3-5-7-8/h3-7H,1-2H3. The summed E-state index contributed by atoms with van der Waals surface area (Å²) in [6.45, 7) is 0. The molecule has 1 aliphatic heterocycles. The monoisotopic (exact) mass is 288 g/mol. The number of halogens is 2. The molecule has 0 aliphatic carbocycles. The molecule has 0 saturated carbocycles. The van der Waals surface area contributed by atoms with Crippen molar-refractivity contribution in [2.75, 3.05) is 14.1 Å². The molecule has 2 rings (SSSR count). The normalized spacial score (nSPS) is 17.9. The molecule has 7 heteroatoms. The van der Waals surface area contributed by atoms with Gasteiger partial charge in [-0.25, -0.2) is 0 Å². The van der Waals surface area contributed by atoms with Crippen LogP contribution in [0.1, 0.15) is 5.56 Å². The third-order valence-electron chi connectivity index (χ3n) is 2.06. The SMILES string of the molecule is CN(C)C1=NC(c2ccccc2)=NP(Cl)(Cl)=N1. The predicted molar refractivity (Wildman–Crippen MR) is 75.2 cm³/mol. The van der Waals surface area contributed by atoms with Crippen molar-refractivity contribution in [3.8, 4) is 0 Å². The molecule has 1 aliphatic rings. The van der Waals surface area contributed by atoms with E-state index in [0.29, 0.717) is 11.8 Å². The number of guanidine groups is 1. The van der Waals surface area contributed by atoms with Gasteiger partial charge in [0.2, 0.25) is 5.96 Å². The Kier molecular flexibility index (Phi) is 3.57. The van der Waals surface area contributed by atoms with Crippen LogP contribution in [0.3, 0.4) is 0 Å². The Morgan fingerprint density at radius 2 is 1.76 bits per heavy atom. The minimum atomic E-state index is -2.68. The molecular formula is C10H11Cl2N4P. The van der Waals surface area contributed by atoms with Crippen LogP contribution in [-0.2, 0) is 0 Å². The molecule has 1 aromatic rings. The van der Waals surface area contributed by atoms with Gasteiger partial charge in [-0.3, -0.25) is 0 Å². The first kappa shape index (κ1) is 12.6. The first-order chi connectivity index (χ1) is 7.98. The van der Waals surface area contributed by atoms with E-state index in [1.807, 2.05) is 44.4 Å². The van der Waals surface area contributed by atoms with Crippen LogP contribution in [0.15, 0.2) is 44.8 Å². The topological polar surface area (TPSA) is 40.3 Å². The lowest BCUT2D eigenvalue weighted by molar-refractivity contribution is 0.616. The maximum absolute atomic E-state index is 6.07. The quantitative estimate of drug-likeness (QED) is 0.725. The highest BCUT2D eigenvalue weighted by atomic mass is 35.9. The minimum absolute atomic E-state index is 0.497. The van der Waals surface area contributed by atoms with E-state index in [1.165, 1.54) is 0 Å². The molecule has 0 aromatic heterocycles. The average Bonchev–Trinajstić information content (AvgIpc) is 2.28. The molecule has 1 heterocycles. The number of aliphatic imine (C=N–C) groups is 1. The summed E-state index contributed by atoms with van der Waals surface area (Å²) in [6, 6.07) is 9.58. The summed E-state index contributed by atoms with van der Waals surface area (Å²) >= 11 is 12.1. The molecule has 0 saturated heterocycles. The Hall–Kier alpha value is -0.830. The van der Waals surface area contributed by atoms with Gasteiger partial charge in [0.05, 0.1) is 0 Å². The van der Waals surface area contributed by atoms with E-state index in [9.17, 15) is 0 Å². The molecule has 0 N–H and O–H groups in total. The van der Waals surface area contributed by atoms with Gasteiger partial charge in [0, 0.05) is 19.7 Å². The van der Waals surface area contributed by atoms with Crippen LogP contribution in [0.2, 0.25) is 0 Å². The molecule has 17 heavy (non-hydrogen) atoms. The summed E-state index contributed by atoms with van der Waals surface area (Å²) in [4.78, 5) is 6.09. The lowest BCUT2D eigenvalue weighted by Gasteiger charge is -2.18. The first-order valence-corrected chi connectivity index (χ1v) is 8.42. The average molecular weight is 289 g/mol. The zero-order valence-electron chi connectivity index (χ0n) is 9.38. The zero-order valence-corrected chi connectivity index (χ0v) is 11.8. The smallest absolute Gasteiger partial charge is 0.258 e. The lowest BCUT2D eigenvalue weighted by Crippen LogP contribution is -2.22. The van der Waals surface area contributed by atoms with Crippen LogP contribution in [0.25, 0.3) is 0 Å². The van der Waals surface area contributed by atoms with E-state index in [2.05, 4.69) is 14.5 Å². The van der Waals surface area contributed by atoms with E-state index >= 15 is 0 Å². The maximum atomic E-state index is 6.07. The minimum Gasteiger partial charge on any atom is -0.347 e. The zero-order chi connectivity index (χ0) is 12.5. The molecular weight excluding hydrogens is 278 g/mol. The Morgan fingerprint density at radius 3 is 2.35 bits per heavy atom. The van der Waals surface area contributed by atoms with Crippen molar-refractivity contribution >= 4 is 40.2 Å². The van der Waals surface area contributed by atoms with Gasteiger partial charge in [-0.15, -0.1) is 0 Å². The third kappa shape index (κ3) is 3.09. The molecule has 0 radical (unpaired) electrons. The first-order valence-electron chi connectivity index (χ1n) is 4.91. The Bertz CT molecular complexity index is 530. The lowest BCUT2D eigenvalue weighted by atomic mass is 10.2. The van der Waals surface area contributed by atoms with Crippen LogP contribution in [0, 0.1) is 0 Å². The van der Waals surface area contributed by atoms with Gasteiger partial charge in [0.1, 0.15) is 0 Å². The van der Waals surface area contributed by atoms with Crippen LogP contribution in [-0.4, -0.2) is 30.8 Å². The van der Waals surface area contributed by atoms with E-state index in [4.69, 9.17) is 22.5 Å². The van der Waals surface area contributed by atoms with Crippen molar-refractivity contribution < 1.29 is 0 Å². The second-order valence-electron chi connectivity index (χ2n) is 3.65. The molecule has 90 valence electrons. The van der Waals surface area contributed by atoms with Gasteiger partial charge in [-0.05, 0) is 22.5 Å². The van der Waals surface area contributed by atoms with Gasteiger partial charge >= 0.3 is 0 Å². The highest BCUT2D eigenvalue weighted by molar-refractivity contribution is 8.09. The second-order valence-corrected chi connectivity index (χ2v) is 8.31.